The van der Waals surface area contributed by atoms with Crippen molar-refractivity contribution in [2.75, 3.05) is 5.75 Å². The fourth-order valence-corrected chi connectivity index (χ4v) is 4.71. The number of nitrogens with one attached hydrogen (secondary N) is 2. The molecule has 0 aliphatic carbocycles. The molecule has 4 atom stereocenters. The fourth-order valence-electron chi connectivity index (χ4n) is 2.49. The summed E-state index contributed by atoms with van der Waals surface area (Å²) < 4.78 is 11.0. The maximum absolute atomic E-state index is 11.2. The van der Waals surface area contributed by atoms with E-state index in [0.29, 0.717) is 12.7 Å². The van der Waals surface area contributed by atoms with Gasteiger partial charge in [-0.05, 0) is 12.8 Å². The van der Waals surface area contributed by atoms with Crippen LogP contribution >= 0.6 is 19.4 Å². The molecule has 0 aromatic heterocycles. The monoisotopic (exact) mass is 308 g/mol. The van der Waals surface area contributed by atoms with E-state index in [9.17, 15) is 14.2 Å². The van der Waals surface area contributed by atoms with Crippen LogP contribution < -0.4 is 10.6 Å². The van der Waals surface area contributed by atoms with E-state index < -0.39 is 13.3 Å². The van der Waals surface area contributed by atoms with Crippen molar-refractivity contribution in [3.05, 3.63) is 0 Å². The largest absolute Gasteiger partial charge is 0.335 e. The lowest BCUT2D eigenvalue weighted by molar-refractivity contribution is -0.107. The van der Waals surface area contributed by atoms with Crippen LogP contribution in [0.25, 0.3) is 0 Å². The van der Waals surface area contributed by atoms with Gasteiger partial charge in [0.05, 0.1) is 12.1 Å². The Morgan fingerprint density at radius 2 is 2.21 bits per heavy atom. The predicted molar refractivity (Wildman–Crippen MR) is 71.2 cm³/mol. The molecule has 0 bridgehead atoms. The van der Waals surface area contributed by atoms with Crippen LogP contribution in [0, 0.1) is 0 Å². The van der Waals surface area contributed by atoms with Gasteiger partial charge in [0.25, 0.3) is 0 Å². The summed E-state index contributed by atoms with van der Waals surface area (Å²) in [4.78, 5) is 39.7. The summed E-state index contributed by atoms with van der Waals surface area (Å²) in [6.07, 6.45) is 1.82. The van der Waals surface area contributed by atoms with Gasteiger partial charge in [-0.15, -0.1) is 0 Å². The number of carbonyl (C=O) groups is 2. The first-order valence-electron chi connectivity index (χ1n) is 6.11. The summed E-state index contributed by atoms with van der Waals surface area (Å²) in [5.74, 6) is 0.851. The lowest BCUT2D eigenvalue weighted by atomic mass is 10.0. The highest BCUT2D eigenvalue weighted by Gasteiger charge is 2.42. The molecule has 4 N–H and O–H groups in total. The number of carbonyl (C=O) groups excluding carboxylic acids is 2. The van der Waals surface area contributed by atoms with E-state index in [2.05, 4.69) is 10.6 Å². The van der Waals surface area contributed by atoms with E-state index in [-0.39, 0.29) is 29.8 Å². The van der Waals surface area contributed by atoms with Crippen molar-refractivity contribution in [1.82, 2.24) is 10.6 Å². The number of hydrogen-bond donors (Lipinski definition) is 4. The summed E-state index contributed by atoms with van der Waals surface area (Å²) in [5.41, 5.74) is -1.20. The lowest BCUT2D eigenvalue weighted by Crippen LogP contribution is -2.36. The second kappa shape index (κ2) is 5.83. The third-order valence-electron chi connectivity index (χ3n) is 3.52. The van der Waals surface area contributed by atoms with Crippen LogP contribution in [0.5, 0.6) is 0 Å². The summed E-state index contributed by atoms with van der Waals surface area (Å²) in [5, 5.41) is 5.93. The molecule has 7 nitrogen and oxygen atoms in total. The number of rotatable bonds is 6. The smallest absolute Gasteiger partial charge is 0.332 e. The van der Waals surface area contributed by atoms with Gasteiger partial charge < -0.3 is 25.2 Å². The molecule has 1 unspecified atom stereocenters. The van der Waals surface area contributed by atoms with E-state index >= 15 is 0 Å². The van der Waals surface area contributed by atoms with Crippen LogP contribution in [0.2, 0.25) is 0 Å². The molecular formula is C10H17N2O5PS. The molecule has 2 aliphatic heterocycles. The molecule has 108 valence electrons. The van der Waals surface area contributed by atoms with Gasteiger partial charge in [-0.2, -0.15) is 11.8 Å². The summed E-state index contributed by atoms with van der Waals surface area (Å²) in [7, 11) is -4.33. The number of aldehydes is 1. The van der Waals surface area contributed by atoms with Gasteiger partial charge in [0, 0.05) is 11.0 Å². The molecule has 2 saturated heterocycles. The third kappa shape index (κ3) is 3.51. The van der Waals surface area contributed by atoms with Gasteiger partial charge in [-0.3, -0.25) is 4.57 Å². The van der Waals surface area contributed by atoms with Crippen molar-refractivity contribution in [1.29, 1.82) is 0 Å². The average molecular weight is 308 g/mol. The van der Waals surface area contributed by atoms with Crippen LogP contribution in [0.1, 0.15) is 19.3 Å². The minimum atomic E-state index is -4.33. The van der Waals surface area contributed by atoms with E-state index in [1.54, 1.807) is 11.8 Å². The van der Waals surface area contributed by atoms with Gasteiger partial charge >= 0.3 is 13.6 Å². The summed E-state index contributed by atoms with van der Waals surface area (Å²) >= 11 is 1.74. The Kier molecular flexibility index (Phi) is 4.55. The van der Waals surface area contributed by atoms with Crippen molar-refractivity contribution < 1.29 is 23.9 Å². The van der Waals surface area contributed by atoms with E-state index in [1.807, 2.05) is 0 Å². The lowest BCUT2D eigenvalue weighted by Gasteiger charge is -2.18. The predicted octanol–water partition coefficient (Wildman–Crippen LogP) is 0.0673. The van der Waals surface area contributed by atoms with Crippen molar-refractivity contribution in [2.45, 2.75) is 42.3 Å². The van der Waals surface area contributed by atoms with Gasteiger partial charge in [0.1, 0.15) is 11.9 Å². The molecule has 2 fully saturated rings. The molecule has 2 heterocycles. The SMILES string of the molecule is O=CC(CCC[C@@H]1SC[C@@H]2NC(=O)N[C@@H]21)P(=O)(O)O. The normalized spacial score (nSPS) is 31.5. The Hall–Kier alpha value is -0.560. The molecule has 19 heavy (non-hydrogen) atoms. The Bertz CT molecular complexity index is 415. The number of amides is 2. The maximum Gasteiger partial charge on any atom is 0.335 e. The quantitative estimate of drug-likeness (QED) is 0.313. The fraction of sp³-hybridized carbons (Fsp3) is 0.800. The van der Waals surface area contributed by atoms with Crippen molar-refractivity contribution in [2.24, 2.45) is 0 Å². The Balaban J connectivity index is 1.79. The molecule has 2 aliphatic rings. The van der Waals surface area contributed by atoms with Gasteiger partial charge in [0.2, 0.25) is 0 Å². The van der Waals surface area contributed by atoms with Crippen molar-refractivity contribution in [3.8, 4) is 0 Å². The number of thioether (sulfide) groups is 1. The van der Waals surface area contributed by atoms with Crippen molar-refractivity contribution >= 4 is 31.7 Å². The first-order chi connectivity index (χ1) is 8.91. The zero-order valence-corrected chi connectivity index (χ0v) is 11.9. The first kappa shape index (κ1) is 14.8. The number of fused-ring (bicyclic) bond motifs is 1. The van der Waals surface area contributed by atoms with Crippen LogP contribution in [-0.2, 0) is 9.36 Å². The second-order valence-electron chi connectivity index (χ2n) is 4.85. The first-order valence-corrected chi connectivity index (χ1v) is 8.84. The van der Waals surface area contributed by atoms with Gasteiger partial charge in [-0.1, -0.05) is 6.42 Å². The second-order valence-corrected chi connectivity index (χ2v) is 7.96. The third-order valence-corrected chi connectivity index (χ3v) is 6.27. The van der Waals surface area contributed by atoms with Crippen LogP contribution in [0.15, 0.2) is 0 Å². The topological polar surface area (TPSA) is 116 Å². The maximum atomic E-state index is 11.2. The zero-order chi connectivity index (χ0) is 14.0. The zero-order valence-electron chi connectivity index (χ0n) is 10.2. The molecule has 0 radical (unpaired) electrons. The average Bonchev–Trinajstić information content (AvgIpc) is 2.82. The van der Waals surface area contributed by atoms with Crippen LogP contribution in [0.3, 0.4) is 0 Å². The molecule has 0 aromatic carbocycles. The molecule has 0 aromatic rings. The van der Waals surface area contributed by atoms with E-state index in [4.69, 9.17) is 9.79 Å². The highest BCUT2D eigenvalue weighted by molar-refractivity contribution is 8.00. The molecule has 9 heteroatoms. The Morgan fingerprint density at radius 3 is 2.84 bits per heavy atom. The highest BCUT2D eigenvalue weighted by Crippen LogP contribution is 2.43. The highest BCUT2D eigenvalue weighted by atomic mass is 32.2. The molecule has 2 rings (SSSR count). The Morgan fingerprint density at radius 1 is 1.47 bits per heavy atom. The number of hydrogen-bond acceptors (Lipinski definition) is 4. The van der Waals surface area contributed by atoms with Gasteiger partial charge in [-0.25, -0.2) is 4.79 Å². The molecule has 2 amide bonds. The van der Waals surface area contributed by atoms with Crippen LogP contribution in [0.4, 0.5) is 4.79 Å². The molecule has 0 spiro atoms. The minimum absolute atomic E-state index is 0.0854. The molecular weight excluding hydrogens is 291 g/mol. The van der Waals surface area contributed by atoms with Crippen molar-refractivity contribution in [3.63, 3.8) is 0 Å². The minimum Gasteiger partial charge on any atom is -0.332 e. The van der Waals surface area contributed by atoms with E-state index in [1.165, 1.54) is 0 Å². The van der Waals surface area contributed by atoms with Crippen LogP contribution in [-0.4, -0.2) is 50.8 Å². The standard InChI is InChI=1S/C10H17N2O5PS/c13-4-6(18(15,16)17)2-1-3-8-9-7(5-19-8)11-10(14)12-9/h4,6-9H,1-3,5H2,(H2,11,12,14)(H2,15,16,17)/t6?,7-,8-,9-/m0/s1. The van der Waals surface area contributed by atoms with E-state index in [0.717, 1.165) is 12.2 Å². The summed E-state index contributed by atoms with van der Waals surface area (Å²) in [6, 6.07) is 0.0784. The number of urea groups is 1. The Labute approximate surface area is 115 Å². The van der Waals surface area contributed by atoms with Gasteiger partial charge in [0.15, 0.2) is 0 Å². The molecule has 0 saturated carbocycles. The summed E-state index contributed by atoms with van der Waals surface area (Å²) in [6.45, 7) is 0.